The summed E-state index contributed by atoms with van der Waals surface area (Å²) in [4.78, 5) is 11.5. The van der Waals surface area contributed by atoms with Gasteiger partial charge in [0.1, 0.15) is 11.9 Å². The lowest BCUT2D eigenvalue weighted by atomic mass is 10.00. The fourth-order valence-corrected chi connectivity index (χ4v) is 1.70. The summed E-state index contributed by atoms with van der Waals surface area (Å²) < 4.78 is 5.26. The summed E-state index contributed by atoms with van der Waals surface area (Å²) in [6.07, 6.45) is -1.17. The molecule has 0 aromatic heterocycles. The van der Waals surface area contributed by atoms with Crippen LogP contribution in [0.5, 0.6) is 5.75 Å². The molecule has 0 spiro atoms. The number of aliphatic hydroxyl groups is 1. The normalized spacial score (nSPS) is 12.3. The minimum atomic E-state index is -1.17. The molecule has 1 aromatic rings. The first-order valence-electron chi connectivity index (χ1n) is 6.32. The number of carbonyl (C=O) groups is 1. The van der Waals surface area contributed by atoms with Crippen LogP contribution in [0.25, 0.3) is 0 Å². The molecule has 0 bridgehead atoms. The van der Waals surface area contributed by atoms with Crippen LogP contribution in [0.15, 0.2) is 18.2 Å². The number of methoxy groups -OCH3 is 1. The zero-order valence-electron chi connectivity index (χ0n) is 11.6. The van der Waals surface area contributed by atoms with E-state index >= 15 is 0 Å². The topological polar surface area (TPSA) is 84.6 Å². The average Bonchev–Trinajstić information content (AvgIpc) is 2.43. The fourth-order valence-electron chi connectivity index (χ4n) is 1.70. The van der Waals surface area contributed by atoms with Gasteiger partial charge in [0.2, 0.25) is 5.91 Å². The van der Waals surface area contributed by atoms with E-state index in [0.29, 0.717) is 18.2 Å². The Morgan fingerprint density at radius 2 is 2.16 bits per heavy atom. The van der Waals surface area contributed by atoms with Crippen molar-refractivity contribution in [3.63, 3.8) is 0 Å². The number of rotatable bonds is 6. The smallest absolute Gasteiger partial charge is 0.250 e. The summed E-state index contributed by atoms with van der Waals surface area (Å²) in [7, 11) is 1.59. The standard InChI is InChI=1S/C14H22N2O3/c1-9(2)10-4-5-13(19-3)11(6-10)8-16-14(18)12(17)7-15/h4-6,9,12,17H,7-8,15H2,1-3H3,(H,16,18). The van der Waals surface area contributed by atoms with Gasteiger partial charge in [0.05, 0.1) is 7.11 Å². The second-order valence-electron chi connectivity index (χ2n) is 4.70. The van der Waals surface area contributed by atoms with Crippen molar-refractivity contribution in [2.45, 2.75) is 32.4 Å². The maximum Gasteiger partial charge on any atom is 0.250 e. The van der Waals surface area contributed by atoms with Gasteiger partial charge in [-0.25, -0.2) is 0 Å². The molecule has 19 heavy (non-hydrogen) atoms. The maximum atomic E-state index is 11.5. The number of nitrogens with two attached hydrogens (primary N) is 1. The van der Waals surface area contributed by atoms with Crippen LogP contribution in [0.2, 0.25) is 0 Å². The molecular formula is C14H22N2O3. The highest BCUT2D eigenvalue weighted by atomic mass is 16.5. The molecule has 0 aliphatic carbocycles. The Morgan fingerprint density at radius 3 is 2.68 bits per heavy atom. The van der Waals surface area contributed by atoms with Crippen molar-refractivity contribution in [3.8, 4) is 5.75 Å². The second kappa shape index (κ2) is 7.11. The summed E-state index contributed by atoms with van der Waals surface area (Å²) in [6.45, 7) is 4.42. The van der Waals surface area contributed by atoms with Gasteiger partial charge in [0.15, 0.2) is 0 Å². The van der Waals surface area contributed by atoms with E-state index in [1.165, 1.54) is 5.56 Å². The summed E-state index contributed by atoms with van der Waals surface area (Å²) in [6, 6.07) is 5.89. The first kappa shape index (κ1) is 15.5. The fraction of sp³-hybridized carbons (Fsp3) is 0.500. The van der Waals surface area contributed by atoms with E-state index in [0.717, 1.165) is 5.56 Å². The Hall–Kier alpha value is -1.59. The molecule has 1 atom stereocenters. The molecule has 1 aromatic carbocycles. The summed E-state index contributed by atoms with van der Waals surface area (Å²) >= 11 is 0. The lowest BCUT2D eigenvalue weighted by Crippen LogP contribution is -2.38. The van der Waals surface area contributed by atoms with Gasteiger partial charge in [-0.1, -0.05) is 26.0 Å². The third-order valence-electron chi connectivity index (χ3n) is 2.95. The molecule has 5 nitrogen and oxygen atoms in total. The summed E-state index contributed by atoms with van der Waals surface area (Å²) in [5.74, 6) is 0.640. The molecule has 106 valence electrons. The van der Waals surface area contributed by atoms with Crippen molar-refractivity contribution >= 4 is 5.91 Å². The molecule has 1 rings (SSSR count). The van der Waals surface area contributed by atoms with E-state index in [4.69, 9.17) is 10.5 Å². The van der Waals surface area contributed by atoms with E-state index in [1.54, 1.807) is 7.11 Å². The Labute approximate surface area is 113 Å². The molecule has 5 heteroatoms. The Balaban J connectivity index is 2.80. The molecule has 1 amide bonds. The van der Waals surface area contributed by atoms with Crippen molar-refractivity contribution in [2.75, 3.05) is 13.7 Å². The van der Waals surface area contributed by atoms with Crippen LogP contribution in [0, 0.1) is 0 Å². The number of carbonyl (C=O) groups excluding carboxylic acids is 1. The number of nitrogens with one attached hydrogen (secondary N) is 1. The summed E-state index contributed by atoms with van der Waals surface area (Å²) in [5.41, 5.74) is 7.28. The average molecular weight is 266 g/mol. The number of aliphatic hydroxyl groups excluding tert-OH is 1. The number of hydrogen-bond acceptors (Lipinski definition) is 4. The molecule has 0 heterocycles. The van der Waals surface area contributed by atoms with Crippen LogP contribution in [-0.4, -0.2) is 30.8 Å². The highest BCUT2D eigenvalue weighted by molar-refractivity contribution is 5.80. The Morgan fingerprint density at radius 1 is 1.47 bits per heavy atom. The largest absolute Gasteiger partial charge is 0.496 e. The monoisotopic (exact) mass is 266 g/mol. The van der Waals surface area contributed by atoms with E-state index in [-0.39, 0.29) is 6.54 Å². The first-order chi connectivity index (χ1) is 8.99. The van der Waals surface area contributed by atoms with Crippen LogP contribution < -0.4 is 15.8 Å². The molecule has 0 saturated carbocycles. The van der Waals surface area contributed by atoms with Crippen molar-refractivity contribution in [1.29, 1.82) is 0 Å². The number of ether oxygens (including phenoxy) is 1. The van der Waals surface area contributed by atoms with Crippen molar-refractivity contribution < 1.29 is 14.6 Å². The van der Waals surface area contributed by atoms with Crippen molar-refractivity contribution in [1.82, 2.24) is 5.32 Å². The predicted molar refractivity (Wildman–Crippen MR) is 74.0 cm³/mol. The second-order valence-corrected chi connectivity index (χ2v) is 4.70. The third-order valence-corrected chi connectivity index (χ3v) is 2.95. The quantitative estimate of drug-likeness (QED) is 0.709. The van der Waals surface area contributed by atoms with Gasteiger partial charge in [-0.15, -0.1) is 0 Å². The van der Waals surface area contributed by atoms with E-state index in [2.05, 4.69) is 19.2 Å². The van der Waals surface area contributed by atoms with Gasteiger partial charge >= 0.3 is 0 Å². The van der Waals surface area contributed by atoms with Crippen molar-refractivity contribution in [2.24, 2.45) is 5.73 Å². The first-order valence-corrected chi connectivity index (χ1v) is 6.32. The third kappa shape index (κ3) is 4.22. The predicted octanol–water partition coefficient (Wildman–Crippen LogP) is 0.754. The van der Waals surface area contributed by atoms with Crippen LogP contribution >= 0.6 is 0 Å². The van der Waals surface area contributed by atoms with Gasteiger partial charge < -0.3 is 20.9 Å². The molecule has 0 aliphatic rings. The number of hydrogen-bond donors (Lipinski definition) is 3. The minimum Gasteiger partial charge on any atom is -0.496 e. The van der Waals surface area contributed by atoms with Gasteiger partial charge in [0, 0.05) is 18.7 Å². The molecule has 4 N–H and O–H groups in total. The van der Waals surface area contributed by atoms with Crippen molar-refractivity contribution in [3.05, 3.63) is 29.3 Å². The molecule has 1 unspecified atom stereocenters. The van der Waals surface area contributed by atoms with Gasteiger partial charge in [-0.05, 0) is 17.5 Å². The molecular weight excluding hydrogens is 244 g/mol. The van der Waals surface area contributed by atoms with Crippen LogP contribution in [-0.2, 0) is 11.3 Å². The van der Waals surface area contributed by atoms with Gasteiger partial charge in [-0.2, -0.15) is 0 Å². The zero-order valence-corrected chi connectivity index (χ0v) is 11.6. The lowest BCUT2D eigenvalue weighted by molar-refractivity contribution is -0.128. The molecule has 0 fully saturated rings. The van der Waals surface area contributed by atoms with E-state index in [9.17, 15) is 9.90 Å². The van der Waals surface area contributed by atoms with Crippen LogP contribution in [0.1, 0.15) is 30.9 Å². The Kier molecular flexibility index (Phi) is 5.79. The van der Waals surface area contributed by atoms with Crippen LogP contribution in [0.3, 0.4) is 0 Å². The maximum absolute atomic E-state index is 11.5. The zero-order chi connectivity index (χ0) is 14.4. The lowest BCUT2D eigenvalue weighted by Gasteiger charge is -2.14. The van der Waals surface area contributed by atoms with Crippen LogP contribution in [0.4, 0.5) is 0 Å². The minimum absolute atomic E-state index is 0.0883. The summed E-state index contributed by atoms with van der Waals surface area (Å²) in [5, 5.41) is 11.9. The number of amides is 1. The number of benzene rings is 1. The highest BCUT2D eigenvalue weighted by Gasteiger charge is 2.13. The van der Waals surface area contributed by atoms with E-state index in [1.807, 2.05) is 18.2 Å². The molecule has 0 radical (unpaired) electrons. The highest BCUT2D eigenvalue weighted by Crippen LogP contribution is 2.24. The van der Waals surface area contributed by atoms with Gasteiger partial charge in [0.25, 0.3) is 0 Å². The van der Waals surface area contributed by atoms with E-state index < -0.39 is 12.0 Å². The Bertz CT molecular complexity index is 433. The SMILES string of the molecule is COc1ccc(C(C)C)cc1CNC(=O)C(O)CN. The molecule has 0 aliphatic heterocycles. The molecule has 0 saturated heterocycles. The van der Waals surface area contributed by atoms with Gasteiger partial charge in [-0.3, -0.25) is 4.79 Å².